The van der Waals surface area contributed by atoms with Crippen molar-refractivity contribution >= 4 is 8.32 Å². The van der Waals surface area contributed by atoms with Gasteiger partial charge in [-0.2, -0.15) is 0 Å². The molecule has 0 spiro atoms. The molecule has 0 radical (unpaired) electrons. The van der Waals surface area contributed by atoms with Crippen molar-refractivity contribution in [3.8, 4) is 17.2 Å². The molecule has 90 valence electrons. The molecule has 0 saturated carbocycles. The molecule has 0 unspecified atom stereocenters. The molecule has 4 heteroatoms. The molecule has 0 bridgehead atoms. The van der Waals surface area contributed by atoms with Gasteiger partial charge in [0.1, 0.15) is 0 Å². The fourth-order valence-electron chi connectivity index (χ4n) is 1.42. The van der Waals surface area contributed by atoms with Crippen molar-refractivity contribution in [2.24, 2.45) is 0 Å². The molecule has 1 aromatic carbocycles. The van der Waals surface area contributed by atoms with E-state index >= 15 is 0 Å². The van der Waals surface area contributed by atoms with E-state index in [2.05, 4.69) is 19.6 Å². The minimum atomic E-state index is -1.67. The highest BCUT2D eigenvalue weighted by Gasteiger charge is 2.22. The van der Waals surface area contributed by atoms with Crippen molar-refractivity contribution in [3.05, 3.63) is 17.7 Å². The highest BCUT2D eigenvalue weighted by molar-refractivity contribution is 6.70. The first-order valence-corrected chi connectivity index (χ1v) is 8.70. The van der Waals surface area contributed by atoms with E-state index < -0.39 is 8.32 Å². The Morgan fingerprint density at radius 2 is 1.38 bits per heavy atom. The van der Waals surface area contributed by atoms with Crippen LogP contribution in [0, 0.1) is 6.92 Å². The largest absolute Gasteiger partial charge is 0.539 e. The molecule has 0 aromatic heterocycles. The molecule has 0 N–H and O–H groups in total. The summed E-state index contributed by atoms with van der Waals surface area (Å²) < 4.78 is 16.7. The Labute approximate surface area is 98.5 Å². The summed E-state index contributed by atoms with van der Waals surface area (Å²) in [6.07, 6.45) is 0. The molecule has 1 aromatic rings. The monoisotopic (exact) mass is 240 g/mol. The van der Waals surface area contributed by atoms with Crippen LogP contribution in [0.15, 0.2) is 12.1 Å². The highest BCUT2D eigenvalue weighted by atomic mass is 28.4. The van der Waals surface area contributed by atoms with Gasteiger partial charge in [0, 0.05) is 0 Å². The summed E-state index contributed by atoms with van der Waals surface area (Å²) in [6, 6.07) is 3.91. The van der Waals surface area contributed by atoms with Gasteiger partial charge in [-0.05, 0) is 44.3 Å². The van der Waals surface area contributed by atoms with Gasteiger partial charge in [-0.1, -0.05) is 0 Å². The van der Waals surface area contributed by atoms with E-state index in [1.165, 1.54) is 0 Å². The predicted molar refractivity (Wildman–Crippen MR) is 68.3 cm³/mol. The molecule has 0 saturated heterocycles. The summed E-state index contributed by atoms with van der Waals surface area (Å²) in [6.45, 7) is 8.40. The fraction of sp³-hybridized carbons (Fsp3) is 0.500. The lowest BCUT2D eigenvalue weighted by Gasteiger charge is -2.23. The van der Waals surface area contributed by atoms with E-state index in [9.17, 15) is 0 Å². The van der Waals surface area contributed by atoms with Gasteiger partial charge in [0.25, 0.3) is 0 Å². The zero-order valence-electron chi connectivity index (χ0n) is 10.9. The number of benzene rings is 1. The lowest BCUT2D eigenvalue weighted by Crippen LogP contribution is -2.29. The van der Waals surface area contributed by atoms with E-state index in [1.807, 2.05) is 19.1 Å². The van der Waals surface area contributed by atoms with Crippen LogP contribution >= 0.6 is 0 Å². The van der Waals surface area contributed by atoms with Gasteiger partial charge in [0.05, 0.1) is 14.2 Å². The highest BCUT2D eigenvalue weighted by Crippen LogP contribution is 2.39. The molecule has 1 rings (SSSR count). The number of methoxy groups -OCH3 is 2. The van der Waals surface area contributed by atoms with Crippen molar-refractivity contribution in [3.63, 3.8) is 0 Å². The first kappa shape index (κ1) is 12.9. The molecule has 3 nitrogen and oxygen atoms in total. The van der Waals surface area contributed by atoms with Crippen LogP contribution in [0.4, 0.5) is 0 Å². The summed E-state index contributed by atoms with van der Waals surface area (Å²) in [7, 11) is 1.62. The molecule has 0 aliphatic carbocycles. The van der Waals surface area contributed by atoms with E-state index in [-0.39, 0.29) is 0 Å². The molecule has 0 aliphatic rings. The third-order valence-corrected chi connectivity index (χ3v) is 2.83. The zero-order valence-corrected chi connectivity index (χ0v) is 11.9. The molecule has 16 heavy (non-hydrogen) atoms. The maximum Gasteiger partial charge on any atom is 0.242 e. The Morgan fingerprint density at radius 1 is 0.938 bits per heavy atom. The Balaban J connectivity index is 3.22. The van der Waals surface area contributed by atoms with Gasteiger partial charge in [0.2, 0.25) is 8.32 Å². The van der Waals surface area contributed by atoms with E-state index in [1.54, 1.807) is 14.2 Å². The van der Waals surface area contributed by atoms with Crippen LogP contribution in [0.1, 0.15) is 5.56 Å². The first-order chi connectivity index (χ1) is 7.37. The van der Waals surface area contributed by atoms with Crippen LogP contribution in [0.2, 0.25) is 19.6 Å². The third kappa shape index (κ3) is 3.17. The third-order valence-electron chi connectivity index (χ3n) is 2.01. The second-order valence-corrected chi connectivity index (χ2v) is 9.14. The van der Waals surface area contributed by atoms with Crippen LogP contribution in [0.5, 0.6) is 17.2 Å². The van der Waals surface area contributed by atoms with Crippen molar-refractivity contribution in [1.29, 1.82) is 0 Å². The van der Waals surface area contributed by atoms with E-state index in [4.69, 9.17) is 13.9 Å². The fourth-order valence-corrected chi connectivity index (χ4v) is 2.23. The predicted octanol–water partition coefficient (Wildman–Crippen LogP) is 3.23. The quantitative estimate of drug-likeness (QED) is 0.756. The van der Waals surface area contributed by atoms with Gasteiger partial charge in [-0.25, -0.2) is 0 Å². The maximum atomic E-state index is 5.99. The number of aryl methyl sites for hydroxylation is 1. The Hall–Kier alpha value is -1.16. The molecule has 0 amide bonds. The minimum absolute atomic E-state index is 0.717. The summed E-state index contributed by atoms with van der Waals surface area (Å²) in [5.74, 6) is 2.19. The van der Waals surface area contributed by atoms with Gasteiger partial charge in [0.15, 0.2) is 17.2 Å². The molecule has 0 atom stereocenters. The van der Waals surface area contributed by atoms with Crippen molar-refractivity contribution in [2.75, 3.05) is 14.2 Å². The van der Waals surface area contributed by atoms with Crippen LogP contribution in [0.3, 0.4) is 0 Å². The Bertz CT molecular complexity index is 344. The number of rotatable bonds is 4. The van der Waals surface area contributed by atoms with Crippen LogP contribution in [-0.2, 0) is 0 Å². The van der Waals surface area contributed by atoms with Crippen molar-refractivity contribution in [1.82, 2.24) is 0 Å². The lowest BCUT2D eigenvalue weighted by atomic mass is 10.2. The maximum absolute atomic E-state index is 5.99. The van der Waals surface area contributed by atoms with Gasteiger partial charge in [-0.3, -0.25) is 0 Å². The zero-order chi connectivity index (χ0) is 12.3. The van der Waals surface area contributed by atoms with Gasteiger partial charge >= 0.3 is 0 Å². The van der Waals surface area contributed by atoms with E-state index in [0.29, 0.717) is 0 Å². The first-order valence-electron chi connectivity index (χ1n) is 5.29. The molecular formula is C12H20O3Si. The minimum Gasteiger partial charge on any atom is -0.539 e. The average Bonchev–Trinajstić information content (AvgIpc) is 2.18. The molecular weight excluding hydrogens is 220 g/mol. The van der Waals surface area contributed by atoms with Crippen molar-refractivity contribution in [2.45, 2.75) is 26.6 Å². The summed E-state index contributed by atoms with van der Waals surface area (Å²) in [5, 5.41) is 0. The normalized spacial score (nSPS) is 11.1. The number of hydrogen-bond donors (Lipinski definition) is 0. The van der Waals surface area contributed by atoms with E-state index in [0.717, 1.165) is 22.8 Å². The molecule has 0 fully saturated rings. The van der Waals surface area contributed by atoms with Crippen molar-refractivity contribution < 1.29 is 13.9 Å². The summed E-state index contributed by atoms with van der Waals surface area (Å²) >= 11 is 0. The van der Waals surface area contributed by atoms with Crippen LogP contribution in [-0.4, -0.2) is 22.5 Å². The average molecular weight is 240 g/mol. The second kappa shape index (κ2) is 4.78. The van der Waals surface area contributed by atoms with Gasteiger partial charge in [-0.15, -0.1) is 0 Å². The number of hydrogen-bond acceptors (Lipinski definition) is 3. The number of ether oxygens (including phenoxy) is 2. The summed E-state index contributed by atoms with van der Waals surface area (Å²) in [4.78, 5) is 0. The van der Waals surface area contributed by atoms with Gasteiger partial charge < -0.3 is 13.9 Å². The Kier molecular flexibility index (Phi) is 3.86. The molecule has 0 heterocycles. The summed E-state index contributed by atoms with van der Waals surface area (Å²) in [5.41, 5.74) is 1.09. The lowest BCUT2D eigenvalue weighted by molar-refractivity contribution is 0.360. The smallest absolute Gasteiger partial charge is 0.242 e. The standard InChI is InChI=1S/C12H20O3Si/c1-9-7-10(13-2)12(11(8-9)14-3)15-16(4,5)6/h7-8H,1-6H3. The Morgan fingerprint density at radius 3 is 1.69 bits per heavy atom. The SMILES string of the molecule is COc1cc(C)cc(OC)c1O[Si](C)(C)C. The van der Waals surface area contributed by atoms with Crippen LogP contribution < -0.4 is 13.9 Å². The molecule has 0 aliphatic heterocycles. The van der Waals surface area contributed by atoms with Crippen LogP contribution in [0.25, 0.3) is 0 Å². The second-order valence-electron chi connectivity index (χ2n) is 4.71. The topological polar surface area (TPSA) is 27.7 Å².